The number of nitrogens with zero attached hydrogens (tertiary/aromatic N) is 3. The fraction of sp³-hybridized carbons (Fsp3) is 0.194. The second-order valence-corrected chi connectivity index (χ2v) is 8.96. The summed E-state index contributed by atoms with van der Waals surface area (Å²) < 4.78 is 6.18. The fourth-order valence-electron chi connectivity index (χ4n) is 5.15. The van der Waals surface area contributed by atoms with Crippen molar-refractivity contribution in [3.05, 3.63) is 131 Å². The van der Waals surface area contributed by atoms with Crippen LogP contribution in [0, 0.1) is 0 Å². The second kappa shape index (κ2) is 10.8. The van der Waals surface area contributed by atoms with Crippen LogP contribution in [0.3, 0.4) is 0 Å². The van der Waals surface area contributed by atoms with Crippen molar-refractivity contribution in [2.24, 2.45) is 0 Å². The first-order chi connectivity index (χ1) is 18.1. The summed E-state index contributed by atoms with van der Waals surface area (Å²) in [7, 11) is 0. The lowest BCUT2D eigenvalue weighted by Crippen LogP contribution is -2.52. The van der Waals surface area contributed by atoms with E-state index in [1.54, 1.807) is 25.3 Å². The van der Waals surface area contributed by atoms with Crippen LogP contribution in [-0.2, 0) is 15.1 Å². The number of hydrogen-bond acceptors (Lipinski definition) is 5. The Morgan fingerprint density at radius 1 is 0.892 bits per heavy atom. The van der Waals surface area contributed by atoms with Crippen molar-refractivity contribution in [2.45, 2.75) is 18.9 Å². The van der Waals surface area contributed by atoms with Crippen molar-refractivity contribution in [1.29, 1.82) is 0 Å². The van der Waals surface area contributed by atoms with Gasteiger partial charge >= 0.3 is 6.09 Å². The minimum absolute atomic E-state index is 0.0880. The van der Waals surface area contributed by atoms with E-state index < -0.39 is 11.6 Å². The van der Waals surface area contributed by atoms with Crippen LogP contribution in [0.1, 0.15) is 35.7 Å². The lowest BCUT2D eigenvalue weighted by molar-refractivity contribution is -0.117. The molecule has 0 N–H and O–H groups in total. The van der Waals surface area contributed by atoms with E-state index in [9.17, 15) is 9.59 Å². The topological polar surface area (TPSA) is 64.4 Å². The molecule has 0 unspecified atom stereocenters. The molecule has 0 bridgehead atoms. The third-order valence-electron chi connectivity index (χ3n) is 6.76. The Morgan fingerprint density at radius 2 is 1.43 bits per heavy atom. The van der Waals surface area contributed by atoms with Gasteiger partial charge in [-0.3, -0.25) is 9.69 Å². The Balaban J connectivity index is 1.62. The molecule has 1 saturated heterocycles. The molecule has 37 heavy (non-hydrogen) atoms. The second-order valence-electron chi connectivity index (χ2n) is 8.96. The zero-order valence-electron chi connectivity index (χ0n) is 20.8. The molecule has 1 aromatic heterocycles. The number of ether oxygens (including phenoxy) is 1. The summed E-state index contributed by atoms with van der Waals surface area (Å²) >= 11 is 0. The van der Waals surface area contributed by atoms with Crippen LogP contribution in [-0.4, -0.2) is 46.3 Å². The Labute approximate surface area is 216 Å². The molecule has 1 aliphatic heterocycles. The molecule has 0 atom stereocenters. The van der Waals surface area contributed by atoms with Gasteiger partial charge in [-0.05, 0) is 35.8 Å². The summed E-state index contributed by atoms with van der Waals surface area (Å²) in [6.45, 7) is 3.05. The number of Topliss-reactive ketones (excluding diaryl/α,β-unsaturated/α-hetero) is 1. The smallest absolute Gasteiger partial charge is 0.434 e. The summed E-state index contributed by atoms with van der Waals surface area (Å²) in [4.78, 5) is 27.5. The normalized spacial score (nSPS) is 15.6. The van der Waals surface area contributed by atoms with Gasteiger partial charge in [0.15, 0.2) is 5.78 Å². The van der Waals surface area contributed by atoms with Crippen LogP contribution in [0.2, 0.25) is 0 Å². The van der Waals surface area contributed by atoms with E-state index in [2.05, 4.69) is 82.8 Å². The van der Waals surface area contributed by atoms with Crippen molar-refractivity contribution in [3.8, 4) is 0 Å². The summed E-state index contributed by atoms with van der Waals surface area (Å²) in [6, 6.07) is 33.1. The number of ketones is 1. The van der Waals surface area contributed by atoms with Gasteiger partial charge in [0.05, 0.1) is 17.8 Å². The van der Waals surface area contributed by atoms with Crippen LogP contribution >= 0.6 is 0 Å². The lowest BCUT2D eigenvalue weighted by Gasteiger charge is -2.47. The first kappa shape index (κ1) is 24.4. The molecular formula is C31H29N3O3. The quantitative estimate of drug-likeness (QED) is 0.262. The van der Waals surface area contributed by atoms with Gasteiger partial charge in [0.1, 0.15) is 0 Å². The molecule has 0 spiro atoms. The third kappa shape index (κ3) is 4.76. The highest BCUT2D eigenvalue weighted by Gasteiger charge is 2.44. The molecule has 0 saturated carbocycles. The van der Waals surface area contributed by atoms with Gasteiger partial charge < -0.3 is 4.74 Å². The molecule has 4 aromatic rings. The van der Waals surface area contributed by atoms with Gasteiger partial charge in [-0.15, -0.1) is 0 Å². The predicted molar refractivity (Wildman–Crippen MR) is 143 cm³/mol. The van der Waals surface area contributed by atoms with E-state index in [1.165, 1.54) is 0 Å². The number of hydrogen-bond donors (Lipinski definition) is 0. The van der Waals surface area contributed by atoms with Gasteiger partial charge in [-0.25, -0.2) is 4.79 Å². The molecule has 6 nitrogen and oxygen atoms in total. The standard InChI is InChI=1S/C31H29N3O3/c1-2-37-30(36)34-21-18-28(32-34)22-24-23-33(20-19-29(24)35)31(25-12-6-3-7-13-25,26-14-8-4-9-15-26)27-16-10-5-11-17-27/h3-18,21-22H,2,19-20,23H2,1H3/b24-22-. The Hall–Kier alpha value is -4.29. The number of aromatic nitrogens is 2. The molecule has 0 aliphatic carbocycles. The van der Waals surface area contributed by atoms with Crippen molar-refractivity contribution >= 4 is 18.0 Å². The van der Waals surface area contributed by atoms with Crippen molar-refractivity contribution in [2.75, 3.05) is 19.7 Å². The number of piperidine rings is 1. The number of carbonyl (C=O) groups is 2. The molecule has 3 aromatic carbocycles. The number of benzene rings is 3. The SMILES string of the molecule is CCOC(=O)n1ccc(/C=C2/CN(C(c3ccccc3)(c3ccccc3)c3ccccc3)CCC2=O)n1. The van der Waals surface area contributed by atoms with E-state index in [-0.39, 0.29) is 12.4 Å². The molecule has 2 heterocycles. The van der Waals surface area contributed by atoms with Crippen molar-refractivity contribution < 1.29 is 14.3 Å². The zero-order chi connectivity index (χ0) is 25.7. The van der Waals surface area contributed by atoms with E-state index in [4.69, 9.17) is 4.74 Å². The molecule has 1 aliphatic rings. The molecule has 1 fully saturated rings. The monoisotopic (exact) mass is 491 g/mol. The van der Waals surface area contributed by atoms with Crippen LogP contribution < -0.4 is 0 Å². The highest BCUT2D eigenvalue weighted by molar-refractivity contribution is 6.00. The largest absolute Gasteiger partial charge is 0.448 e. The number of likely N-dealkylation sites (tertiary alicyclic amines) is 1. The van der Waals surface area contributed by atoms with Crippen LogP contribution in [0.5, 0.6) is 0 Å². The summed E-state index contributed by atoms with van der Waals surface area (Å²) in [6.07, 6.45) is 3.19. The summed E-state index contributed by atoms with van der Waals surface area (Å²) in [5.41, 5.74) is 4.00. The third-order valence-corrected chi connectivity index (χ3v) is 6.76. The fourth-order valence-corrected chi connectivity index (χ4v) is 5.15. The lowest BCUT2D eigenvalue weighted by atomic mass is 9.74. The van der Waals surface area contributed by atoms with Gasteiger partial charge in [0.2, 0.25) is 0 Å². The van der Waals surface area contributed by atoms with Gasteiger partial charge in [-0.1, -0.05) is 91.0 Å². The molecule has 5 rings (SSSR count). The maximum atomic E-state index is 13.1. The highest BCUT2D eigenvalue weighted by atomic mass is 16.5. The molecular weight excluding hydrogens is 462 g/mol. The van der Waals surface area contributed by atoms with Gasteiger partial charge in [0, 0.05) is 31.3 Å². The molecule has 6 heteroatoms. The van der Waals surface area contributed by atoms with Crippen LogP contribution in [0.25, 0.3) is 6.08 Å². The zero-order valence-corrected chi connectivity index (χ0v) is 20.8. The Morgan fingerprint density at radius 3 is 1.95 bits per heavy atom. The molecule has 186 valence electrons. The Kier molecular flexibility index (Phi) is 7.10. The van der Waals surface area contributed by atoms with E-state index in [0.29, 0.717) is 30.8 Å². The number of rotatable bonds is 6. The van der Waals surface area contributed by atoms with Crippen LogP contribution in [0.4, 0.5) is 4.79 Å². The predicted octanol–water partition coefficient (Wildman–Crippen LogP) is 5.54. The van der Waals surface area contributed by atoms with Crippen molar-refractivity contribution in [3.63, 3.8) is 0 Å². The average Bonchev–Trinajstić information content (AvgIpc) is 3.42. The van der Waals surface area contributed by atoms with Gasteiger partial charge in [0.25, 0.3) is 0 Å². The minimum atomic E-state index is -0.603. The number of carbonyl (C=O) groups excluding carboxylic acids is 2. The average molecular weight is 492 g/mol. The maximum absolute atomic E-state index is 13.1. The maximum Gasteiger partial charge on any atom is 0.434 e. The van der Waals surface area contributed by atoms with E-state index in [1.807, 2.05) is 18.2 Å². The van der Waals surface area contributed by atoms with E-state index in [0.717, 1.165) is 21.4 Å². The summed E-state index contributed by atoms with van der Waals surface area (Å²) in [5, 5.41) is 4.31. The first-order valence-electron chi connectivity index (χ1n) is 12.5. The Bertz CT molecular complexity index is 1300. The molecule has 0 radical (unpaired) electrons. The van der Waals surface area contributed by atoms with Crippen LogP contribution in [0.15, 0.2) is 109 Å². The van der Waals surface area contributed by atoms with Gasteiger partial charge in [-0.2, -0.15) is 9.78 Å². The minimum Gasteiger partial charge on any atom is -0.448 e. The highest BCUT2D eigenvalue weighted by Crippen LogP contribution is 2.43. The van der Waals surface area contributed by atoms with Crippen molar-refractivity contribution in [1.82, 2.24) is 14.7 Å². The first-order valence-corrected chi connectivity index (χ1v) is 12.5. The molecule has 0 amide bonds. The summed E-state index contributed by atoms with van der Waals surface area (Å²) in [5.74, 6) is 0.0880. The van der Waals surface area contributed by atoms with E-state index >= 15 is 0 Å².